The Balaban J connectivity index is 2.05. The molecule has 1 aromatic carbocycles. The molecular formula is C19H24N2O. The van der Waals surface area contributed by atoms with E-state index in [0.717, 1.165) is 29.5 Å². The molecule has 0 spiro atoms. The van der Waals surface area contributed by atoms with Crippen molar-refractivity contribution in [3.05, 3.63) is 47.2 Å². The zero-order chi connectivity index (χ0) is 15.7. The fourth-order valence-corrected chi connectivity index (χ4v) is 3.43. The van der Waals surface area contributed by atoms with Crippen LogP contribution in [0, 0.1) is 0 Å². The Hall–Kier alpha value is -2.03. The largest absolute Gasteiger partial charge is 0.358 e. The van der Waals surface area contributed by atoms with Crippen molar-refractivity contribution in [3.8, 4) is 0 Å². The Bertz CT molecular complexity index is 726. The number of nitrogens with zero attached hydrogens (tertiary/aromatic N) is 1. The fourth-order valence-electron chi connectivity index (χ4n) is 3.43. The lowest BCUT2D eigenvalue weighted by molar-refractivity contribution is 0.0780. The van der Waals surface area contributed by atoms with E-state index in [-0.39, 0.29) is 5.91 Å². The first-order valence-electron chi connectivity index (χ1n) is 8.18. The highest BCUT2D eigenvalue weighted by molar-refractivity contribution is 6.06. The molecule has 3 heteroatoms. The van der Waals surface area contributed by atoms with Crippen LogP contribution in [0.5, 0.6) is 0 Å². The number of carbonyl (C=O) groups excluding carboxylic acids is 1. The first-order valence-corrected chi connectivity index (χ1v) is 8.18. The molecule has 22 heavy (non-hydrogen) atoms. The lowest BCUT2D eigenvalue weighted by Crippen LogP contribution is -2.32. The zero-order valence-corrected chi connectivity index (χ0v) is 13.5. The van der Waals surface area contributed by atoms with Crippen molar-refractivity contribution in [2.75, 3.05) is 13.1 Å². The Morgan fingerprint density at radius 2 is 2.09 bits per heavy atom. The molecular weight excluding hydrogens is 272 g/mol. The molecule has 1 aromatic heterocycles. The van der Waals surface area contributed by atoms with Crippen LogP contribution in [0.2, 0.25) is 0 Å². The topological polar surface area (TPSA) is 36.1 Å². The summed E-state index contributed by atoms with van der Waals surface area (Å²) in [6.07, 6.45) is 4.70. The van der Waals surface area contributed by atoms with Crippen molar-refractivity contribution < 1.29 is 4.79 Å². The summed E-state index contributed by atoms with van der Waals surface area (Å²) in [5.74, 6) is 0.0923. The van der Waals surface area contributed by atoms with Crippen molar-refractivity contribution in [2.24, 2.45) is 0 Å². The summed E-state index contributed by atoms with van der Waals surface area (Å²) in [7, 11) is 0. The molecule has 3 nitrogen and oxygen atoms in total. The number of aromatic nitrogens is 1. The molecule has 1 heterocycles. The number of benzene rings is 1. The van der Waals surface area contributed by atoms with E-state index in [9.17, 15) is 4.79 Å². The number of hydrogen-bond donors (Lipinski definition) is 1. The van der Waals surface area contributed by atoms with E-state index in [2.05, 4.69) is 17.6 Å². The van der Waals surface area contributed by atoms with Crippen LogP contribution >= 0.6 is 0 Å². The maximum absolute atomic E-state index is 12.9. The summed E-state index contributed by atoms with van der Waals surface area (Å²) < 4.78 is 0. The summed E-state index contributed by atoms with van der Waals surface area (Å²) in [5.41, 5.74) is 5.55. The minimum absolute atomic E-state index is 0.0923. The van der Waals surface area contributed by atoms with Crippen molar-refractivity contribution in [2.45, 2.75) is 39.5 Å². The first kappa shape index (κ1) is 14.9. The molecule has 0 atom stereocenters. The molecule has 0 radical (unpaired) electrons. The number of para-hydroxylation sites is 1. The van der Waals surface area contributed by atoms with E-state index in [4.69, 9.17) is 0 Å². The second-order valence-electron chi connectivity index (χ2n) is 6.29. The second kappa shape index (κ2) is 5.99. The highest BCUT2D eigenvalue weighted by Gasteiger charge is 2.21. The molecule has 0 unspecified atom stereocenters. The number of carbonyl (C=O) groups is 1. The third-order valence-electron chi connectivity index (χ3n) is 4.49. The molecule has 1 aliphatic carbocycles. The number of fused-ring (bicyclic) bond motifs is 3. The number of rotatable bonds is 4. The highest BCUT2D eigenvalue weighted by Crippen LogP contribution is 2.31. The number of aryl methyl sites for hydroxylation is 2. The standard InChI is InChI=1S/C19H24N2O/c1-4-21(12-13(2)3)19(22)16-10-7-9-15-14-8-5-6-11-17(14)20-18(15)16/h7,9-10,20H,2,4-6,8,11-12H2,1,3H3. The van der Waals surface area contributed by atoms with E-state index < -0.39 is 0 Å². The molecule has 1 N–H and O–H groups in total. The quantitative estimate of drug-likeness (QED) is 0.848. The van der Waals surface area contributed by atoms with Crippen LogP contribution in [0.25, 0.3) is 10.9 Å². The van der Waals surface area contributed by atoms with Gasteiger partial charge in [0.1, 0.15) is 0 Å². The van der Waals surface area contributed by atoms with Crippen molar-refractivity contribution >= 4 is 16.8 Å². The maximum Gasteiger partial charge on any atom is 0.256 e. The van der Waals surface area contributed by atoms with Gasteiger partial charge in [0.15, 0.2) is 0 Å². The van der Waals surface area contributed by atoms with Crippen LogP contribution in [0.15, 0.2) is 30.4 Å². The summed E-state index contributed by atoms with van der Waals surface area (Å²) in [5, 5.41) is 1.23. The highest BCUT2D eigenvalue weighted by atomic mass is 16.2. The van der Waals surface area contributed by atoms with E-state index >= 15 is 0 Å². The van der Waals surface area contributed by atoms with Crippen molar-refractivity contribution in [1.82, 2.24) is 9.88 Å². The molecule has 3 rings (SSSR count). The van der Waals surface area contributed by atoms with Gasteiger partial charge in [0.2, 0.25) is 0 Å². The maximum atomic E-state index is 12.9. The van der Waals surface area contributed by atoms with Gasteiger partial charge in [-0.05, 0) is 51.2 Å². The fraction of sp³-hybridized carbons (Fsp3) is 0.421. The second-order valence-corrected chi connectivity index (χ2v) is 6.29. The Labute approximate surface area is 132 Å². The van der Waals surface area contributed by atoms with Gasteiger partial charge in [-0.15, -0.1) is 0 Å². The van der Waals surface area contributed by atoms with Gasteiger partial charge in [-0.3, -0.25) is 4.79 Å². The lowest BCUT2D eigenvalue weighted by Gasteiger charge is -2.21. The Kier molecular flexibility index (Phi) is 4.06. The monoisotopic (exact) mass is 296 g/mol. The zero-order valence-electron chi connectivity index (χ0n) is 13.5. The normalized spacial score (nSPS) is 13.9. The molecule has 0 saturated heterocycles. The molecule has 0 fully saturated rings. The van der Waals surface area contributed by atoms with Crippen LogP contribution < -0.4 is 0 Å². The predicted octanol–water partition coefficient (Wildman–Crippen LogP) is 4.08. The van der Waals surface area contributed by atoms with Gasteiger partial charge in [-0.2, -0.15) is 0 Å². The van der Waals surface area contributed by atoms with Gasteiger partial charge in [-0.25, -0.2) is 0 Å². The van der Waals surface area contributed by atoms with Crippen LogP contribution in [0.1, 0.15) is 48.3 Å². The number of likely N-dealkylation sites (N-methyl/N-ethyl adjacent to an activating group) is 1. The van der Waals surface area contributed by atoms with Crippen molar-refractivity contribution in [3.63, 3.8) is 0 Å². The van der Waals surface area contributed by atoms with Gasteiger partial charge in [0.25, 0.3) is 5.91 Å². The first-order chi connectivity index (χ1) is 10.6. The van der Waals surface area contributed by atoms with Gasteiger partial charge >= 0.3 is 0 Å². The minimum atomic E-state index is 0.0923. The Morgan fingerprint density at radius 3 is 2.82 bits per heavy atom. The Morgan fingerprint density at radius 1 is 1.32 bits per heavy atom. The average Bonchev–Trinajstić information content (AvgIpc) is 2.90. The minimum Gasteiger partial charge on any atom is -0.358 e. The molecule has 0 aliphatic heterocycles. The number of H-pyrrole nitrogens is 1. The summed E-state index contributed by atoms with van der Waals surface area (Å²) >= 11 is 0. The molecule has 1 aliphatic rings. The van der Waals surface area contributed by atoms with E-state index in [1.807, 2.05) is 30.9 Å². The smallest absolute Gasteiger partial charge is 0.256 e. The predicted molar refractivity (Wildman–Crippen MR) is 91.3 cm³/mol. The molecule has 0 bridgehead atoms. The van der Waals surface area contributed by atoms with Crippen molar-refractivity contribution in [1.29, 1.82) is 0 Å². The summed E-state index contributed by atoms with van der Waals surface area (Å²) in [4.78, 5) is 18.3. The third-order valence-corrected chi connectivity index (χ3v) is 4.49. The molecule has 1 amide bonds. The summed E-state index contributed by atoms with van der Waals surface area (Å²) in [6, 6.07) is 6.09. The van der Waals surface area contributed by atoms with E-state index in [1.165, 1.54) is 29.5 Å². The average molecular weight is 296 g/mol. The van der Waals surface area contributed by atoms with Crippen LogP contribution in [-0.4, -0.2) is 28.9 Å². The molecule has 0 saturated carbocycles. The van der Waals surface area contributed by atoms with Crippen LogP contribution in [-0.2, 0) is 12.8 Å². The van der Waals surface area contributed by atoms with E-state index in [1.54, 1.807) is 0 Å². The number of hydrogen-bond acceptors (Lipinski definition) is 1. The number of amides is 1. The van der Waals surface area contributed by atoms with Crippen LogP contribution in [0.3, 0.4) is 0 Å². The van der Waals surface area contributed by atoms with Gasteiger partial charge in [0, 0.05) is 24.2 Å². The number of aromatic amines is 1. The SMILES string of the molecule is C=C(C)CN(CC)C(=O)c1cccc2c3c([nH]c12)CCCC3. The summed E-state index contributed by atoms with van der Waals surface area (Å²) in [6.45, 7) is 9.22. The molecule has 2 aromatic rings. The number of nitrogens with one attached hydrogen (secondary N) is 1. The van der Waals surface area contributed by atoms with Gasteiger partial charge < -0.3 is 9.88 Å². The third kappa shape index (κ3) is 2.56. The molecule has 116 valence electrons. The van der Waals surface area contributed by atoms with E-state index in [0.29, 0.717) is 13.1 Å². The van der Waals surface area contributed by atoms with Crippen LogP contribution in [0.4, 0.5) is 0 Å². The van der Waals surface area contributed by atoms with Gasteiger partial charge in [0.05, 0.1) is 11.1 Å². The van der Waals surface area contributed by atoms with Gasteiger partial charge in [-0.1, -0.05) is 24.3 Å². The lowest BCUT2D eigenvalue weighted by atomic mass is 9.95.